The van der Waals surface area contributed by atoms with Gasteiger partial charge >= 0.3 is 12.1 Å². The summed E-state index contributed by atoms with van der Waals surface area (Å²) >= 11 is 0. The van der Waals surface area contributed by atoms with Crippen LogP contribution in [0.4, 0.5) is 4.79 Å². The minimum Gasteiger partial charge on any atom is -0.481 e. The second kappa shape index (κ2) is 10.3. The Kier molecular flexibility index (Phi) is 7.20. The second-order valence-electron chi connectivity index (χ2n) is 9.44. The molecule has 0 radical (unpaired) electrons. The van der Waals surface area contributed by atoms with Crippen molar-refractivity contribution in [2.45, 2.75) is 57.5 Å². The van der Waals surface area contributed by atoms with Crippen molar-refractivity contribution in [1.82, 2.24) is 10.6 Å². The lowest BCUT2D eigenvalue weighted by atomic mass is 9.85. The Hall–Kier alpha value is -3.35. The summed E-state index contributed by atoms with van der Waals surface area (Å²) < 4.78 is 5.63. The third-order valence-corrected chi connectivity index (χ3v) is 7.27. The van der Waals surface area contributed by atoms with E-state index in [1.54, 1.807) is 13.8 Å². The summed E-state index contributed by atoms with van der Waals surface area (Å²) in [5.74, 6) is -1.82. The lowest BCUT2D eigenvalue weighted by Gasteiger charge is -2.29. The molecule has 7 heteroatoms. The van der Waals surface area contributed by atoms with Crippen LogP contribution in [0.5, 0.6) is 0 Å². The number of carboxylic acid groups (broad SMARTS) is 1. The number of fused-ring (bicyclic) bond motifs is 3. The molecule has 1 fully saturated rings. The van der Waals surface area contributed by atoms with Crippen LogP contribution in [-0.4, -0.2) is 41.8 Å². The molecule has 3 N–H and O–H groups in total. The fraction of sp³-hybridized carbons (Fsp3) is 0.444. The monoisotopic (exact) mass is 464 g/mol. The first-order chi connectivity index (χ1) is 16.3. The third-order valence-electron chi connectivity index (χ3n) is 7.27. The van der Waals surface area contributed by atoms with Gasteiger partial charge in [-0.05, 0) is 61.8 Å². The predicted octanol–water partition coefficient (Wildman–Crippen LogP) is 4.31. The molecule has 4 rings (SSSR count). The Morgan fingerprint density at radius 1 is 0.941 bits per heavy atom. The van der Waals surface area contributed by atoms with Crippen LogP contribution in [0.15, 0.2) is 48.5 Å². The van der Waals surface area contributed by atoms with E-state index in [4.69, 9.17) is 9.84 Å². The van der Waals surface area contributed by atoms with Crippen LogP contribution in [-0.2, 0) is 14.3 Å². The standard InChI is InChI=1S/C27H32N2O5/c1-16(26(31)32)17(2)28-25(30)18-11-13-19(14-12-18)29-27(33)34-15-24-22-9-5-3-7-20(22)21-8-4-6-10-23(21)24/h3-10,16-19,24H,11-15H2,1-2H3,(H,28,30)(H,29,33)(H,31,32). The van der Waals surface area contributed by atoms with Crippen LogP contribution in [0.3, 0.4) is 0 Å². The van der Waals surface area contributed by atoms with Crippen molar-refractivity contribution in [2.75, 3.05) is 6.61 Å². The molecule has 0 bridgehead atoms. The zero-order valence-corrected chi connectivity index (χ0v) is 19.6. The van der Waals surface area contributed by atoms with Crippen molar-refractivity contribution in [3.8, 4) is 11.1 Å². The van der Waals surface area contributed by atoms with Gasteiger partial charge in [-0.2, -0.15) is 0 Å². The first kappa shape index (κ1) is 23.8. The summed E-state index contributed by atoms with van der Waals surface area (Å²) in [6.45, 7) is 3.57. The van der Waals surface area contributed by atoms with Gasteiger partial charge in [-0.25, -0.2) is 4.79 Å². The number of amides is 2. The molecule has 2 aromatic carbocycles. The summed E-state index contributed by atoms with van der Waals surface area (Å²) in [5.41, 5.74) is 4.73. The molecule has 2 aliphatic carbocycles. The minimum atomic E-state index is -0.927. The first-order valence-electron chi connectivity index (χ1n) is 12.0. The second-order valence-corrected chi connectivity index (χ2v) is 9.44. The highest BCUT2D eigenvalue weighted by Crippen LogP contribution is 2.44. The zero-order valence-electron chi connectivity index (χ0n) is 19.6. The lowest BCUT2D eigenvalue weighted by Crippen LogP contribution is -2.45. The van der Waals surface area contributed by atoms with E-state index in [0.29, 0.717) is 25.7 Å². The summed E-state index contributed by atoms with van der Waals surface area (Å²) in [7, 11) is 0. The summed E-state index contributed by atoms with van der Waals surface area (Å²) in [4.78, 5) is 36.1. The molecule has 2 atom stereocenters. The van der Waals surface area contributed by atoms with Crippen molar-refractivity contribution in [1.29, 1.82) is 0 Å². The minimum absolute atomic E-state index is 0.0211. The number of alkyl carbamates (subject to hydrolysis) is 1. The van der Waals surface area contributed by atoms with E-state index in [1.807, 2.05) is 24.3 Å². The van der Waals surface area contributed by atoms with Crippen LogP contribution in [0.25, 0.3) is 11.1 Å². The normalized spacial score (nSPS) is 21.0. The summed E-state index contributed by atoms with van der Waals surface area (Å²) in [6, 6.07) is 16.0. The highest BCUT2D eigenvalue weighted by molar-refractivity contribution is 5.80. The number of nitrogens with one attached hydrogen (secondary N) is 2. The van der Waals surface area contributed by atoms with Gasteiger partial charge in [0.25, 0.3) is 0 Å². The Labute approximate surface area is 199 Å². The van der Waals surface area contributed by atoms with Crippen LogP contribution < -0.4 is 10.6 Å². The Morgan fingerprint density at radius 2 is 1.50 bits per heavy atom. The number of hydrogen-bond donors (Lipinski definition) is 3. The maximum Gasteiger partial charge on any atom is 0.407 e. The van der Waals surface area contributed by atoms with E-state index >= 15 is 0 Å². The molecule has 2 aromatic rings. The molecular weight excluding hydrogens is 432 g/mol. The fourth-order valence-electron chi connectivity index (χ4n) is 4.99. The van der Waals surface area contributed by atoms with Crippen molar-refractivity contribution < 1.29 is 24.2 Å². The Bertz CT molecular complexity index is 1010. The molecule has 34 heavy (non-hydrogen) atoms. The van der Waals surface area contributed by atoms with E-state index in [1.165, 1.54) is 22.3 Å². The Morgan fingerprint density at radius 3 is 2.06 bits per heavy atom. The maximum atomic E-state index is 12.5. The van der Waals surface area contributed by atoms with Gasteiger partial charge in [0.05, 0.1) is 5.92 Å². The van der Waals surface area contributed by atoms with Gasteiger partial charge in [-0.3, -0.25) is 9.59 Å². The molecule has 7 nitrogen and oxygen atoms in total. The zero-order chi connectivity index (χ0) is 24.2. The topological polar surface area (TPSA) is 105 Å². The number of ether oxygens (including phenoxy) is 1. The van der Waals surface area contributed by atoms with Gasteiger partial charge in [0.15, 0.2) is 0 Å². The van der Waals surface area contributed by atoms with E-state index in [-0.39, 0.29) is 30.4 Å². The SMILES string of the molecule is CC(NC(=O)C1CCC(NC(=O)OCC2c3ccccc3-c3ccccc32)CC1)C(C)C(=O)O. The smallest absolute Gasteiger partial charge is 0.407 e. The summed E-state index contributed by atoms with van der Waals surface area (Å²) in [5, 5.41) is 14.9. The molecular formula is C27H32N2O5. The van der Waals surface area contributed by atoms with Crippen LogP contribution in [0.2, 0.25) is 0 Å². The van der Waals surface area contributed by atoms with Crippen LogP contribution in [0, 0.1) is 11.8 Å². The van der Waals surface area contributed by atoms with Crippen LogP contribution in [0.1, 0.15) is 56.6 Å². The van der Waals surface area contributed by atoms with Crippen molar-refractivity contribution >= 4 is 18.0 Å². The van der Waals surface area contributed by atoms with Gasteiger partial charge in [0, 0.05) is 23.9 Å². The number of aliphatic carboxylic acids is 1. The highest BCUT2D eigenvalue weighted by Gasteiger charge is 2.31. The molecule has 0 aromatic heterocycles. The van der Waals surface area contributed by atoms with Gasteiger partial charge in [-0.1, -0.05) is 48.5 Å². The summed E-state index contributed by atoms with van der Waals surface area (Å²) in [6.07, 6.45) is 2.23. The molecule has 2 amide bonds. The van der Waals surface area contributed by atoms with Gasteiger partial charge < -0.3 is 20.5 Å². The quantitative estimate of drug-likeness (QED) is 0.566. The number of carbonyl (C=O) groups is 3. The average molecular weight is 465 g/mol. The maximum absolute atomic E-state index is 12.5. The van der Waals surface area contributed by atoms with Crippen molar-refractivity contribution in [3.05, 3.63) is 59.7 Å². The number of carboxylic acids is 1. The number of hydrogen-bond acceptors (Lipinski definition) is 4. The molecule has 180 valence electrons. The number of rotatable bonds is 7. The van der Waals surface area contributed by atoms with Gasteiger partial charge in [-0.15, -0.1) is 0 Å². The van der Waals surface area contributed by atoms with E-state index in [0.717, 1.165) is 0 Å². The molecule has 2 unspecified atom stereocenters. The van der Waals surface area contributed by atoms with Crippen LogP contribution >= 0.6 is 0 Å². The van der Waals surface area contributed by atoms with E-state index < -0.39 is 24.0 Å². The Balaban J connectivity index is 1.25. The first-order valence-corrected chi connectivity index (χ1v) is 12.0. The van der Waals surface area contributed by atoms with Gasteiger partial charge in [0.2, 0.25) is 5.91 Å². The third kappa shape index (κ3) is 5.08. The lowest BCUT2D eigenvalue weighted by molar-refractivity contribution is -0.142. The molecule has 0 aliphatic heterocycles. The predicted molar refractivity (Wildman–Crippen MR) is 128 cm³/mol. The molecule has 2 aliphatic rings. The van der Waals surface area contributed by atoms with E-state index in [2.05, 4.69) is 34.9 Å². The highest BCUT2D eigenvalue weighted by atomic mass is 16.5. The van der Waals surface area contributed by atoms with E-state index in [9.17, 15) is 14.4 Å². The molecule has 0 saturated heterocycles. The number of carbonyl (C=O) groups excluding carboxylic acids is 2. The molecule has 0 heterocycles. The van der Waals surface area contributed by atoms with Crippen molar-refractivity contribution in [2.24, 2.45) is 11.8 Å². The molecule has 0 spiro atoms. The molecule has 1 saturated carbocycles. The van der Waals surface area contributed by atoms with Crippen molar-refractivity contribution in [3.63, 3.8) is 0 Å². The average Bonchev–Trinajstić information content (AvgIpc) is 3.16. The van der Waals surface area contributed by atoms with Gasteiger partial charge in [0.1, 0.15) is 6.61 Å². The fourth-order valence-corrected chi connectivity index (χ4v) is 4.99. The number of benzene rings is 2. The largest absolute Gasteiger partial charge is 0.481 e.